The van der Waals surface area contributed by atoms with E-state index in [9.17, 15) is 10.1 Å². The van der Waals surface area contributed by atoms with Crippen LogP contribution in [0.5, 0.6) is 0 Å². The van der Waals surface area contributed by atoms with Gasteiger partial charge in [0.05, 0.1) is 10.6 Å². The van der Waals surface area contributed by atoms with Gasteiger partial charge in [0.15, 0.2) is 0 Å². The number of aromatic nitrogens is 1. The molecule has 0 saturated carbocycles. The summed E-state index contributed by atoms with van der Waals surface area (Å²) in [7, 11) is 0. The lowest BCUT2D eigenvalue weighted by atomic mass is 9.95. The lowest BCUT2D eigenvalue weighted by Crippen LogP contribution is -2.35. The van der Waals surface area contributed by atoms with Gasteiger partial charge in [-0.05, 0) is 45.6 Å². The molecule has 116 valence electrons. The van der Waals surface area contributed by atoms with Crippen molar-refractivity contribution >= 4 is 5.69 Å². The van der Waals surface area contributed by atoms with Crippen molar-refractivity contribution in [3.63, 3.8) is 0 Å². The van der Waals surface area contributed by atoms with Crippen molar-refractivity contribution in [2.45, 2.75) is 39.7 Å². The number of rotatable bonds is 5. The largest absolute Gasteiger partial charge is 0.396 e. The Balaban J connectivity index is 2.12. The van der Waals surface area contributed by atoms with E-state index in [0.717, 1.165) is 38.0 Å². The third-order valence-electron chi connectivity index (χ3n) is 4.27. The SMILES string of the molecule is Cc1cnc(CN2CCCC(CCO)C2)c(C)c1[N+](=O)[O-]. The van der Waals surface area contributed by atoms with Gasteiger partial charge in [-0.3, -0.25) is 20.0 Å². The van der Waals surface area contributed by atoms with Crippen LogP contribution in [0.2, 0.25) is 0 Å². The Morgan fingerprint density at radius 1 is 1.52 bits per heavy atom. The zero-order valence-corrected chi connectivity index (χ0v) is 12.7. The Kier molecular flexibility index (Phi) is 5.25. The number of nitro groups is 1. The van der Waals surface area contributed by atoms with Gasteiger partial charge in [0.2, 0.25) is 0 Å². The molecule has 1 aromatic rings. The summed E-state index contributed by atoms with van der Waals surface area (Å²) in [4.78, 5) is 17.5. The predicted molar refractivity (Wildman–Crippen MR) is 80.1 cm³/mol. The number of hydrogen-bond donors (Lipinski definition) is 1. The molecule has 0 spiro atoms. The van der Waals surface area contributed by atoms with E-state index in [4.69, 9.17) is 5.11 Å². The van der Waals surface area contributed by atoms with Gasteiger partial charge in [-0.2, -0.15) is 0 Å². The summed E-state index contributed by atoms with van der Waals surface area (Å²) in [6, 6.07) is 0. The first kappa shape index (κ1) is 15.9. The van der Waals surface area contributed by atoms with Gasteiger partial charge in [-0.25, -0.2) is 0 Å². The number of hydrogen-bond acceptors (Lipinski definition) is 5. The molecule has 2 rings (SSSR count). The second-order valence-corrected chi connectivity index (χ2v) is 5.87. The van der Waals surface area contributed by atoms with E-state index < -0.39 is 0 Å². The molecule has 1 saturated heterocycles. The van der Waals surface area contributed by atoms with Gasteiger partial charge in [0.1, 0.15) is 0 Å². The van der Waals surface area contributed by atoms with Crippen LogP contribution in [-0.2, 0) is 6.54 Å². The fourth-order valence-electron chi connectivity index (χ4n) is 3.13. The van der Waals surface area contributed by atoms with E-state index in [1.165, 1.54) is 0 Å². The van der Waals surface area contributed by atoms with E-state index in [1.807, 2.05) is 0 Å². The minimum atomic E-state index is -0.319. The van der Waals surface area contributed by atoms with Gasteiger partial charge in [0.25, 0.3) is 5.69 Å². The summed E-state index contributed by atoms with van der Waals surface area (Å²) in [5.41, 5.74) is 2.25. The molecule has 0 bridgehead atoms. The van der Waals surface area contributed by atoms with Crippen LogP contribution in [-0.4, -0.2) is 39.6 Å². The first-order valence-electron chi connectivity index (χ1n) is 7.45. The summed E-state index contributed by atoms with van der Waals surface area (Å²) < 4.78 is 0. The Morgan fingerprint density at radius 2 is 2.29 bits per heavy atom. The molecule has 0 aromatic carbocycles. The second kappa shape index (κ2) is 6.95. The second-order valence-electron chi connectivity index (χ2n) is 5.87. The summed E-state index contributed by atoms with van der Waals surface area (Å²) in [6.45, 7) is 6.30. The monoisotopic (exact) mass is 293 g/mol. The van der Waals surface area contributed by atoms with E-state index in [2.05, 4.69) is 9.88 Å². The van der Waals surface area contributed by atoms with Crippen molar-refractivity contribution in [1.82, 2.24) is 9.88 Å². The highest BCUT2D eigenvalue weighted by Gasteiger charge is 2.23. The highest BCUT2D eigenvalue weighted by Crippen LogP contribution is 2.26. The maximum atomic E-state index is 11.2. The predicted octanol–water partition coefficient (Wildman–Crippen LogP) is 2.20. The van der Waals surface area contributed by atoms with Crippen LogP contribution < -0.4 is 0 Å². The van der Waals surface area contributed by atoms with Gasteiger partial charge in [-0.1, -0.05) is 0 Å². The molecule has 6 nitrogen and oxygen atoms in total. The number of aliphatic hydroxyl groups excluding tert-OH is 1. The van der Waals surface area contributed by atoms with Crippen molar-refractivity contribution in [2.75, 3.05) is 19.7 Å². The average molecular weight is 293 g/mol. The van der Waals surface area contributed by atoms with Gasteiger partial charge < -0.3 is 5.11 Å². The molecular weight excluding hydrogens is 270 g/mol. The molecule has 2 heterocycles. The zero-order chi connectivity index (χ0) is 15.4. The Labute approximate surface area is 125 Å². The van der Waals surface area contributed by atoms with Crippen LogP contribution in [0.15, 0.2) is 6.20 Å². The molecule has 1 fully saturated rings. The normalized spacial score (nSPS) is 19.7. The number of pyridine rings is 1. The quantitative estimate of drug-likeness (QED) is 0.665. The topological polar surface area (TPSA) is 79.5 Å². The maximum absolute atomic E-state index is 11.2. The van der Waals surface area contributed by atoms with Crippen LogP contribution in [0.3, 0.4) is 0 Å². The van der Waals surface area contributed by atoms with Crippen molar-refractivity contribution in [1.29, 1.82) is 0 Å². The Bertz CT molecular complexity index is 517. The fourth-order valence-corrected chi connectivity index (χ4v) is 3.13. The van der Waals surface area contributed by atoms with Crippen molar-refractivity contribution in [3.05, 3.63) is 33.1 Å². The van der Waals surface area contributed by atoms with Crippen molar-refractivity contribution in [3.8, 4) is 0 Å². The minimum absolute atomic E-state index is 0.184. The van der Waals surface area contributed by atoms with E-state index in [0.29, 0.717) is 23.6 Å². The molecule has 1 atom stereocenters. The molecule has 6 heteroatoms. The van der Waals surface area contributed by atoms with Gasteiger partial charge >= 0.3 is 0 Å². The lowest BCUT2D eigenvalue weighted by molar-refractivity contribution is -0.386. The molecule has 1 unspecified atom stereocenters. The maximum Gasteiger partial charge on any atom is 0.278 e. The van der Waals surface area contributed by atoms with E-state index in [1.54, 1.807) is 20.0 Å². The highest BCUT2D eigenvalue weighted by molar-refractivity contribution is 5.47. The summed E-state index contributed by atoms with van der Waals surface area (Å²) in [6.07, 6.45) is 4.68. The van der Waals surface area contributed by atoms with Crippen molar-refractivity contribution < 1.29 is 10.0 Å². The summed E-state index contributed by atoms with van der Waals surface area (Å²) in [5, 5.41) is 20.2. The van der Waals surface area contributed by atoms with Crippen LogP contribution in [0.25, 0.3) is 0 Å². The van der Waals surface area contributed by atoms with Crippen LogP contribution >= 0.6 is 0 Å². The first-order chi connectivity index (χ1) is 10.0. The molecule has 0 radical (unpaired) electrons. The summed E-state index contributed by atoms with van der Waals surface area (Å²) in [5.74, 6) is 0.518. The molecule has 1 N–H and O–H groups in total. The molecule has 1 aromatic heterocycles. The van der Waals surface area contributed by atoms with Crippen molar-refractivity contribution in [2.24, 2.45) is 5.92 Å². The van der Waals surface area contributed by atoms with Gasteiger partial charge in [-0.15, -0.1) is 0 Å². The first-order valence-corrected chi connectivity index (χ1v) is 7.45. The Morgan fingerprint density at radius 3 is 2.95 bits per heavy atom. The molecular formula is C15H23N3O3. The fraction of sp³-hybridized carbons (Fsp3) is 0.667. The number of aliphatic hydroxyl groups is 1. The summed E-state index contributed by atoms with van der Waals surface area (Å²) >= 11 is 0. The Hall–Kier alpha value is -1.53. The number of piperidine rings is 1. The van der Waals surface area contributed by atoms with Gasteiger partial charge in [0, 0.05) is 37.0 Å². The smallest absolute Gasteiger partial charge is 0.278 e. The van der Waals surface area contributed by atoms with E-state index >= 15 is 0 Å². The van der Waals surface area contributed by atoms with E-state index in [-0.39, 0.29) is 17.2 Å². The number of likely N-dealkylation sites (tertiary alicyclic amines) is 1. The molecule has 1 aliphatic heterocycles. The van der Waals surface area contributed by atoms with Crippen LogP contribution in [0, 0.1) is 29.9 Å². The third-order valence-corrected chi connectivity index (χ3v) is 4.27. The van der Waals surface area contributed by atoms with Crippen LogP contribution in [0.4, 0.5) is 5.69 Å². The van der Waals surface area contributed by atoms with Crippen LogP contribution in [0.1, 0.15) is 36.1 Å². The molecule has 0 aliphatic carbocycles. The zero-order valence-electron chi connectivity index (χ0n) is 12.7. The molecule has 21 heavy (non-hydrogen) atoms. The minimum Gasteiger partial charge on any atom is -0.396 e. The molecule has 1 aliphatic rings. The standard InChI is InChI=1S/C15H23N3O3/c1-11-8-16-14(12(2)15(11)18(20)21)10-17-6-3-4-13(9-17)5-7-19/h8,13,19H,3-7,9-10H2,1-2H3. The lowest BCUT2D eigenvalue weighted by Gasteiger charge is -2.32. The number of nitrogens with zero attached hydrogens (tertiary/aromatic N) is 3. The number of aryl methyl sites for hydroxylation is 1. The average Bonchev–Trinajstić information content (AvgIpc) is 2.43. The molecule has 0 amide bonds. The highest BCUT2D eigenvalue weighted by atomic mass is 16.6. The third kappa shape index (κ3) is 3.77.